The number of nitrogens with one attached hydrogen (secondary N) is 2. The first kappa shape index (κ1) is 13.1. The third-order valence-electron chi connectivity index (χ3n) is 2.59. The molecule has 1 heterocycles. The SMILES string of the molecule is CC(C)CNC(=O)CNc1ccc(N)c2nonc12. The number of carbonyl (C=O) groups excluding carboxylic acids is 1. The van der Waals surface area contributed by atoms with E-state index in [0.717, 1.165) is 0 Å². The second-order valence-electron chi connectivity index (χ2n) is 4.72. The van der Waals surface area contributed by atoms with E-state index in [1.807, 2.05) is 13.8 Å². The molecular weight excluding hydrogens is 246 g/mol. The van der Waals surface area contributed by atoms with Crippen LogP contribution in [0.5, 0.6) is 0 Å². The van der Waals surface area contributed by atoms with Gasteiger partial charge in [-0.1, -0.05) is 13.8 Å². The average molecular weight is 263 g/mol. The molecule has 7 heteroatoms. The number of rotatable bonds is 5. The highest BCUT2D eigenvalue weighted by molar-refractivity contribution is 5.96. The Morgan fingerprint density at radius 3 is 2.84 bits per heavy atom. The Bertz CT molecular complexity index is 579. The van der Waals surface area contributed by atoms with E-state index in [-0.39, 0.29) is 12.5 Å². The molecule has 0 aliphatic heterocycles. The molecule has 2 rings (SSSR count). The molecule has 0 aliphatic rings. The van der Waals surface area contributed by atoms with Crippen molar-refractivity contribution in [1.29, 1.82) is 0 Å². The van der Waals surface area contributed by atoms with E-state index in [4.69, 9.17) is 5.73 Å². The molecule has 1 aromatic carbocycles. The van der Waals surface area contributed by atoms with Crippen LogP contribution in [0.3, 0.4) is 0 Å². The van der Waals surface area contributed by atoms with Crippen molar-refractivity contribution in [2.24, 2.45) is 5.92 Å². The van der Waals surface area contributed by atoms with Crippen molar-refractivity contribution in [3.05, 3.63) is 12.1 Å². The van der Waals surface area contributed by atoms with E-state index in [0.29, 0.717) is 34.9 Å². The fraction of sp³-hybridized carbons (Fsp3) is 0.417. The smallest absolute Gasteiger partial charge is 0.239 e. The Kier molecular flexibility index (Phi) is 3.84. The molecular formula is C12H17N5O2. The monoisotopic (exact) mass is 263 g/mol. The summed E-state index contributed by atoms with van der Waals surface area (Å²) < 4.78 is 4.65. The van der Waals surface area contributed by atoms with Crippen molar-refractivity contribution in [2.45, 2.75) is 13.8 Å². The number of hydrogen-bond donors (Lipinski definition) is 3. The number of hydrogen-bond acceptors (Lipinski definition) is 6. The van der Waals surface area contributed by atoms with Crippen LogP contribution in [0.1, 0.15) is 13.8 Å². The van der Waals surface area contributed by atoms with Crippen LogP contribution in [0.25, 0.3) is 11.0 Å². The summed E-state index contributed by atoms with van der Waals surface area (Å²) in [5, 5.41) is 13.3. The molecule has 0 aliphatic carbocycles. The lowest BCUT2D eigenvalue weighted by atomic mass is 10.2. The highest BCUT2D eigenvalue weighted by Crippen LogP contribution is 2.24. The summed E-state index contributed by atoms with van der Waals surface area (Å²) in [5.74, 6) is 0.349. The topological polar surface area (TPSA) is 106 Å². The molecule has 0 bridgehead atoms. The largest absolute Gasteiger partial charge is 0.397 e. The maximum Gasteiger partial charge on any atom is 0.239 e. The lowest BCUT2D eigenvalue weighted by molar-refractivity contribution is -0.119. The summed E-state index contributed by atoms with van der Waals surface area (Å²) in [5.41, 5.74) is 7.92. The molecule has 1 amide bonds. The summed E-state index contributed by atoms with van der Waals surface area (Å²) in [7, 11) is 0. The lowest BCUT2D eigenvalue weighted by Gasteiger charge is -2.09. The molecule has 4 N–H and O–H groups in total. The predicted octanol–water partition coefficient (Wildman–Crippen LogP) is 0.989. The van der Waals surface area contributed by atoms with Gasteiger partial charge in [0.25, 0.3) is 0 Å². The lowest BCUT2D eigenvalue weighted by Crippen LogP contribution is -2.32. The number of anilines is 2. The first-order valence-electron chi connectivity index (χ1n) is 6.09. The van der Waals surface area contributed by atoms with Gasteiger partial charge in [0.05, 0.1) is 17.9 Å². The highest BCUT2D eigenvalue weighted by atomic mass is 16.6. The minimum Gasteiger partial charge on any atom is -0.397 e. The molecule has 0 radical (unpaired) electrons. The van der Waals surface area contributed by atoms with Crippen molar-refractivity contribution in [3.8, 4) is 0 Å². The summed E-state index contributed by atoms with van der Waals surface area (Å²) in [4.78, 5) is 11.6. The third kappa shape index (κ3) is 3.12. The second kappa shape index (κ2) is 5.55. The zero-order valence-corrected chi connectivity index (χ0v) is 10.9. The number of nitrogens with zero attached hydrogens (tertiary/aromatic N) is 2. The molecule has 7 nitrogen and oxygen atoms in total. The Hall–Kier alpha value is -2.31. The normalized spacial score (nSPS) is 10.9. The van der Waals surface area contributed by atoms with Gasteiger partial charge >= 0.3 is 0 Å². The minimum absolute atomic E-state index is 0.0740. The van der Waals surface area contributed by atoms with Gasteiger partial charge in [0.15, 0.2) is 11.0 Å². The maximum absolute atomic E-state index is 11.6. The van der Waals surface area contributed by atoms with Crippen LogP contribution in [0.15, 0.2) is 16.8 Å². The molecule has 0 saturated heterocycles. The molecule has 19 heavy (non-hydrogen) atoms. The Morgan fingerprint density at radius 2 is 2.11 bits per heavy atom. The van der Waals surface area contributed by atoms with E-state index in [9.17, 15) is 4.79 Å². The van der Waals surface area contributed by atoms with Crippen LogP contribution in [0.4, 0.5) is 11.4 Å². The highest BCUT2D eigenvalue weighted by Gasteiger charge is 2.10. The van der Waals surface area contributed by atoms with E-state index in [1.54, 1.807) is 12.1 Å². The van der Waals surface area contributed by atoms with Crippen LogP contribution in [0.2, 0.25) is 0 Å². The number of fused-ring (bicyclic) bond motifs is 1. The molecule has 0 unspecified atom stereocenters. The van der Waals surface area contributed by atoms with Gasteiger partial charge in [0.1, 0.15) is 0 Å². The summed E-state index contributed by atoms with van der Waals surface area (Å²) >= 11 is 0. The van der Waals surface area contributed by atoms with Gasteiger partial charge in [-0.3, -0.25) is 4.79 Å². The van der Waals surface area contributed by atoms with Gasteiger partial charge in [-0.05, 0) is 28.4 Å². The summed E-state index contributed by atoms with van der Waals surface area (Å²) in [6.45, 7) is 4.90. The average Bonchev–Trinajstić information content (AvgIpc) is 2.85. The van der Waals surface area contributed by atoms with E-state index in [2.05, 4.69) is 25.6 Å². The van der Waals surface area contributed by atoms with E-state index in [1.165, 1.54) is 0 Å². The maximum atomic E-state index is 11.6. The van der Waals surface area contributed by atoms with Gasteiger partial charge in [-0.2, -0.15) is 0 Å². The Labute approximate surface area is 110 Å². The van der Waals surface area contributed by atoms with Crippen LogP contribution < -0.4 is 16.4 Å². The zero-order chi connectivity index (χ0) is 13.8. The van der Waals surface area contributed by atoms with Crippen LogP contribution in [-0.2, 0) is 4.79 Å². The molecule has 0 saturated carbocycles. The Morgan fingerprint density at radius 1 is 1.37 bits per heavy atom. The number of benzene rings is 1. The molecule has 2 aromatic rings. The van der Waals surface area contributed by atoms with Gasteiger partial charge < -0.3 is 16.4 Å². The molecule has 0 atom stereocenters. The fourth-order valence-corrected chi connectivity index (χ4v) is 1.58. The van der Waals surface area contributed by atoms with Gasteiger partial charge in [0.2, 0.25) is 5.91 Å². The standard InChI is InChI=1S/C12H17N5O2/c1-7(2)5-15-10(18)6-14-9-4-3-8(13)11-12(9)17-19-16-11/h3-4,7,14H,5-6,13H2,1-2H3,(H,15,18). The summed E-state index contributed by atoms with van der Waals surface area (Å²) in [6, 6.07) is 3.44. The van der Waals surface area contributed by atoms with Gasteiger partial charge in [-0.25, -0.2) is 4.63 Å². The van der Waals surface area contributed by atoms with Crippen LogP contribution >= 0.6 is 0 Å². The van der Waals surface area contributed by atoms with Gasteiger partial charge in [0, 0.05) is 6.54 Å². The summed E-state index contributed by atoms with van der Waals surface area (Å²) in [6.07, 6.45) is 0. The van der Waals surface area contributed by atoms with E-state index < -0.39 is 0 Å². The Balaban J connectivity index is 2.00. The first-order valence-corrected chi connectivity index (χ1v) is 6.09. The fourth-order valence-electron chi connectivity index (χ4n) is 1.58. The third-order valence-corrected chi connectivity index (χ3v) is 2.59. The van der Waals surface area contributed by atoms with Crippen molar-refractivity contribution in [1.82, 2.24) is 15.6 Å². The van der Waals surface area contributed by atoms with E-state index >= 15 is 0 Å². The molecule has 0 spiro atoms. The van der Waals surface area contributed by atoms with Crippen LogP contribution in [0, 0.1) is 5.92 Å². The quantitative estimate of drug-likeness (QED) is 0.694. The number of aromatic nitrogens is 2. The van der Waals surface area contributed by atoms with Crippen molar-refractivity contribution >= 4 is 28.3 Å². The molecule has 102 valence electrons. The van der Waals surface area contributed by atoms with Crippen molar-refractivity contribution in [3.63, 3.8) is 0 Å². The zero-order valence-electron chi connectivity index (χ0n) is 10.9. The number of nitrogen functional groups attached to an aromatic ring is 1. The second-order valence-corrected chi connectivity index (χ2v) is 4.72. The number of nitrogens with two attached hydrogens (primary N) is 1. The van der Waals surface area contributed by atoms with Crippen molar-refractivity contribution < 1.29 is 9.42 Å². The minimum atomic E-state index is -0.0740. The molecule has 0 fully saturated rings. The first-order chi connectivity index (χ1) is 9.08. The number of carbonyl (C=O) groups is 1. The predicted molar refractivity (Wildman–Crippen MR) is 72.6 cm³/mol. The molecule has 1 aromatic heterocycles. The van der Waals surface area contributed by atoms with Gasteiger partial charge in [-0.15, -0.1) is 0 Å². The van der Waals surface area contributed by atoms with Crippen molar-refractivity contribution in [2.75, 3.05) is 24.1 Å². The van der Waals surface area contributed by atoms with Crippen LogP contribution in [-0.4, -0.2) is 29.3 Å². The number of amides is 1.